The molecule has 1 saturated heterocycles. The fourth-order valence-electron chi connectivity index (χ4n) is 3.12. The van der Waals surface area contributed by atoms with Crippen molar-refractivity contribution < 1.29 is 19.1 Å². The number of rotatable bonds is 5. The average molecular weight is 389 g/mol. The summed E-state index contributed by atoms with van der Waals surface area (Å²) < 4.78 is 10.4. The molecule has 1 fully saturated rings. The summed E-state index contributed by atoms with van der Waals surface area (Å²) >= 11 is 1.40. The minimum atomic E-state index is -0.432. The van der Waals surface area contributed by atoms with Crippen LogP contribution in [0.3, 0.4) is 0 Å². The first-order valence-electron chi connectivity index (χ1n) is 8.76. The van der Waals surface area contributed by atoms with E-state index in [0.717, 1.165) is 25.3 Å². The monoisotopic (exact) mass is 389 g/mol. The molecule has 27 heavy (non-hydrogen) atoms. The lowest BCUT2D eigenvalue weighted by molar-refractivity contribution is -0.0707. The Labute approximate surface area is 162 Å². The number of benzene rings is 1. The van der Waals surface area contributed by atoms with Gasteiger partial charge in [0.1, 0.15) is 0 Å². The maximum absolute atomic E-state index is 12.4. The van der Waals surface area contributed by atoms with Crippen LogP contribution < -0.4 is 5.32 Å². The van der Waals surface area contributed by atoms with E-state index in [2.05, 4.69) is 33.8 Å². The molecule has 2 heterocycles. The molecule has 2 atom stereocenters. The Hall–Kier alpha value is -2.29. The largest absolute Gasteiger partial charge is 0.465 e. The van der Waals surface area contributed by atoms with E-state index in [-0.39, 0.29) is 18.1 Å². The third-order valence-corrected chi connectivity index (χ3v) is 5.03. The van der Waals surface area contributed by atoms with Crippen LogP contribution in [0.4, 0.5) is 5.13 Å². The molecular weight excluding hydrogens is 366 g/mol. The predicted octanol–water partition coefficient (Wildman–Crippen LogP) is 2.79. The highest BCUT2D eigenvalue weighted by molar-refractivity contribution is 7.13. The number of anilines is 1. The summed E-state index contributed by atoms with van der Waals surface area (Å²) in [5, 5.41) is 5.32. The second kappa shape index (κ2) is 8.60. The van der Waals surface area contributed by atoms with Crippen LogP contribution in [0.15, 0.2) is 29.6 Å². The second-order valence-electron chi connectivity index (χ2n) is 6.62. The summed E-state index contributed by atoms with van der Waals surface area (Å²) in [6, 6.07) is 6.31. The lowest BCUT2D eigenvalue weighted by Crippen LogP contribution is -2.44. The highest BCUT2D eigenvalue weighted by Crippen LogP contribution is 2.20. The van der Waals surface area contributed by atoms with E-state index >= 15 is 0 Å². The molecule has 144 valence electrons. The Morgan fingerprint density at radius 2 is 1.85 bits per heavy atom. The van der Waals surface area contributed by atoms with Gasteiger partial charge in [-0.2, -0.15) is 0 Å². The summed E-state index contributed by atoms with van der Waals surface area (Å²) in [4.78, 5) is 30.6. The molecule has 1 amide bonds. The van der Waals surface area contributed by atoms with Crippen LogP contribution in [-0.2, 0) is 16.0 Å². The number of nitrogens with one attached hydrogen (secondary N) is 1. The number of thiazole rings is 1. The van der Waals surface area contributed by atoms with E-state index in [9.17, 15) is 9.59 Å². The molecule has 0 aliphatic carbocycles. The van der Waals surface area contributed by atoms with Crippen LogP contribution >= 0.6 is 11.3 Å². The third-order valence-electron chi connectivity index (χ3n) is 4.22. The number of nitrogens with zero attached hydrogens (tertiary/aromatic N) is 2. The van der Waals surface area contributed by atoms with Crippen LogP contribution in [0, 0.1) is 0 Å². The smallest absolute Gasteiger partial charge is 0.337 e. The van der Waals surface area contributed by atoms with E-state index in [1.54, 1.807) is 24.3 Å². The third kappa shape index (κ3) is 5.12. The highest BCUT2D eigenvalue weighted by Gasteiger charge is 2.22. The van der Waals surface area contributed by atoms with E-state index in [4.69, 9.17) is 4.74 Å². The first-order chi connectivity index (χ1) is 12.9. The zero-order valence-corrected chi connectivity index (χ0v) is 16.4. The molecule has 0 unspecified atom stereocenters. The number of esters is 1. The number of amides is 1. The number of hydrogen-bond donors (Lipinski definition) is 1. The summed E-state index contributed by atoms with van der Waals surface area (Å²) in [5.74, 6) is -0.695. The molecule has 0 spiro atoms. The van der Waals surface area contributed by atoms with Crippen molar-refractivity contribution in [1.82, 2.24) is 9.88 Å². The normalized spacial score (nSPS) is 20.3. The Morgan fingerprint density at radius 1 is 1.22 bits per heavy atom. The Balaban J connectivity index is 1.58. The van der Waals surface area contributed by atoms with Crippen molar-refractivity contribution >= 4 is 28.3 Å². The van der Waals surface area contributed by atoms with Crippen LogP contribution in [0.1, 0.15) is 40.3 Å². The van der Waals surface area contributed by atoms with Gasteiger partial charge in [-0.25, -0.2) is 9.78 Å². The average Bonchev–Trinajstić information content (AvgIpc) is 3.07. The first-order valence-corrected chi connectivity index (χ1v) is 9.64. The number of methoxy groups -OCH3 is 1. The summed E-state index contributed by atoms with van der Waals surface area (Å²) in [6.45, 7) is 6.62. The van der Waals surface area contributed by atoms with Crippen LogP contribution in [0.5, 0.6) is 0 Å². The Bertz CT molecular complexity index is 796. The second-order valence-corrected chi connectivity index (χ2v) is 7.48. The number of carbonyl (C=O) groups excluding carboxylic acids is 2. The number of carbonyl (C=O) groups is 2. The van der Waals surface area contributed by atoms with Crippen LogP contribution in [-0.4, -0.2) is 54.2 Å². The quantitative estimate of drug-likeness (QED) is 0.792. The van der Waals surface area contributed by atoms with E-state index < -0.39 is 5.97 Å². The lowest BCUT2D eigenvalue weighted by atomic mass is 10.1. The van der Waals surface area contributed by atoms with Gasteiger partial charge in [0.15, 0.2) is 5.13 Å². The zero-order chi connectivity index (χ0) is 19.4. The zero-order valence-electron chi connectivity index (χ0n) is 15.6. The molecule has 7 nitrogen and oxygen atoms in total. The molecule has 8 heteroatoms. The summed E-state index contributed by atoms with van der Waals surface area (Å²) in [5.41, 5.74) is 1.78. The Kier molecular flexibility index (Phi) is 6.20. The topological polar surface area (TPSA) is 80.8 Å². The SMILES string of the molecule is COC(=O)c1ccc(C(=O)Nc2nc(CN3C[C@@H](C)O[C@@H](C)C3)cs2)cc1. The molecule has 1 aliphatic rings. The molecule has 3 rings (SSSR count). The van der Waals surface area contributed by atoms with Crippen molar-refractivity contribution in [3.63, 3.8) is 0 Å². The molecule has 0 saturated carbocycles. The van der Waals surface area contributed by atoms with Gasteiger partial charge >= 0.3 is 5.97 Å². The molecule has 0 bridgehead atoms. The predicted molar refractivity (Wildman–Crippen MR) is 103 cm³/mol. The van der Waals surface area contributed by atoms with Gasteiger partial charge in [0, 0.05) is 30.6 Å². The fraction of sp³-hybridized carbons (Fsp3) is 0.421. The highest BCUT2D eigenvalue weighted by atomic mass is 32.1. The van der Waals surface area contributed by atoms with Crippen molar-refractivity contribution in [2.45, 2.75) is 32.6 Å². The minimum Gasteiger partial charge on any atom is -0.465 e. The Morgan fingerprint density at radius 3 is 2.48 bits per heavy atom. The van der Waals surface area contributed by atoms with E-state index in [1.165, 1.54) is 18.4 Å². The molecule has 0 radical (unpaired) electrons. The van der Waals surface area contributed by atoms with Gasteiger partial charge in [-0.1, -0.05) is 0 Å². The van der Waals surface area contributed by atoms with Gasteiger partial charge in [-0.3, -0.25) is 15.0 Å². The van der Waals surface area contributed by atoms with Crippen LogP contribution in [0.2, 0.25) is 0 Å². The van der Waals surface area contributed by atoms with Gasteiger partial charge in [0.05, 0.1) is 30.6 Å². The molecule has 1 aliphatic heterocycles. The van der Waals surface area contributed by atoms with Crippen molar-refractivity contribution in [1.29, 1.82) is 0 Å². The number of hydrogen-bond acceptors (Lipinski definition) is 7. The van der Waals surface area contributed by atoms with Crippen molar-refractivity contribution in [3.05, 3.63) is 46.5 Å². The van der Waals surface area contributed by atoms with Gasteiger partial charge in [0.2, 0.25) is 0 Å². The first kappa shape index (κ1) is 19.5. The summed E-state index contributed by atoms with van der Waals surface area (Å²) in [7, 11) is 1.32. The summed E-state index contributed by atoms with van der Waals surface area (Å²) in [6.07, 6.45) is 0.416. The maximum atomic E-state index is 12.4. The maximum Gasteiger partial charge on any atom is 0.337 e. The van der Waals surface area contributed by atoms with Gasteiger partial charge in [-0.05, 0) is 38.1 Å². The molecular formula is C19H23N3O4S. The molecule has 1 aromatic carbocycles. The standard InChI is InChI=1S/C19H23N3O4S/c1-12-8-22(9-13(2)26-12)10-16-11-27-19(20-16)21-17(23)14-4-6-15(7-5-14)18(24)25-3/h4-7,11-13H,8-10H2,1-3H3,(H,20,21,23)/t12-,13+. The number of ether oxygens (including phenoxy) is 2. The van der Waals surface area contributed by atoms with Crippen molar-refractivity contribution in [2.24, 2.45) is 0 Å². The minimum absolute atomic E-state index is 0.208. The fourth-order valence-corrected chi connectivity index (χ4v) is 3.82. The van der Waals surface area contributed by atoms with E-state index in [1.807, 2.05) is 5.38 Å². The van der Waals surface area contributed by atoms with Gasteiger partial charge in [-0.15, -0.1) is 11.3 Å². The molecule has 1 N–H and O–H groups in total. The number of aromatic nitrogens is 1. The van der Waals surface area contributed by atoms with E-state index in [0.29, 0.717) is 16.3 Å². The van der Waals surface area contributed by atoms with Gasteiger partial charge in [0.25, 0.3) is 5.91 Å². The van der Waals surface area contributed by atoms with Crippen molar-refractivity contribution in [2.75, 3.05) is 25.5 Å². The lowest BCUT2D eigenvalue weighted by Gasteiger charge is -2.34. The van der Waals surface area contributed by atoms with Crippen LogP contribution in [0.25, 0.3) is 0 Å². The van der Waals surface area contributed by atoms with Gasteiger partial charge < -0.3 is 9.47 Å². The molecule has 2 aromatic rings. The molecule has 1 aromatic heterocycles. The number of morpholine rings is 1. The van der Waals surface area contributed by atoms with Crippen molar-refractivity contribution in [3.8, 4) is 0 Å².